The van der Waals surface area contributed by atoms with Gasteiger partial charge < -0.3 is 4.42 Å². The SMILES string of the molecule is O=C(Nc1nnc(-c2ccc(F)cc2F)o1)c1nc2ccccc2s1. The Kier molecular flexibility index (Phi) is 3.69. The number of hydrogen-bond donors (Lipinski definition) is 1. The summed E-state index contributed by atoms with van der Waals surface area (Å²) in [5.41, 5.74) is 0.645. The molecule has 0 saturated heterocycles. The Hall–Kier alpha value is -3.20. The van der Waals surface area contributed by atoms with Gasteiger partial charge in [-0.2, -0.15) is 0 Å². The van der Waals surface area contributed by atoms with Gasteiger partial charge in [0, 0.05) is 6.07 Å². The second kappa shape index (κ2) is 6.02. The van der Waals surface area contributed by atoms with Crippen LogP contribution in [0.4, 0.5) is 14.8 Å². The molecule has 6 nitrogen and oxygen atoms in total. The summed E-state index contributed by atoms with van der Waals surface area (Å²) in [7, 11) is 0. The minimum Gasteiger partial charge on any atom is -0.403 e. The number of rotatable bonds is 3. The van der Waals surface area contributed by atoms with Crippen molar-refractivity contribution in [1.29, 1.82) is 0 Å². The van der Waals surface area contributed by atoms with E-state index in [1.54, 1.807) is 6.07 Å². The van der Waals surface area contributed by atoms with E-state index in [1.165, 1.54) is 17.4 Å². The molecule has 1 N–H and O–H groups in total. The molecule has 4 rings (SSSR count). The van der Waals surface area contributed by atoms with Gasteiger partial charge >= 0.3 is 6.01 Å². The first-order chi connectivity index (χ1) is 12.1. The van der Waals surface area contributed by atoms with Gasteiger partial charge in [0.15, 0.2) is 5.01 Å². The van der Waals surface area contributed by atoms with E-state index in [4.69, 9.17) is 4.42 Å². The molecule has 0 aliphatic heterocycles. The van der Waals surface area contributed by atoms with Gasteiger partial charge in [0.2, 0.25) is 0 Å². The van der Waals surface area contributed by atoms with Gasteiger partial charge in [-0.3, -0.25) is 10.1 Å². The zero-order valence-corrected chi connectivity index (χ0v) is 13.2. The first kappa shape index (κ1) is 15.3. The molecule has 2 aromatic carbocycles. The number of hydrogen-bond acceptors (Lipinski definition) is 6. The molecule has 2 heterocycles. The summed E-state index contributed by atoms with van der Waals surface area (Å²) in [6, 6.07) is 10.1. The third-order valence-electron chi connectivity index (χ3n) is 3.30. The minimum absolute atomic E-state index is 0.0608. The van der Waals surface area contributed by atoms with Crippen LogP contribution in [0.15, 0.2) is 46.9 Å². The molecule has 0 aliphatic rings. The van der Waals surface area contributed by atoms with E-state index in [2.05, 4.69) is 20.5 Å². The third kappa shape index (κ3) is 2.96. The van der Waals surface area contributed by atoms with Crippen molar-refractivity contribution in [2.24, 2.45) is 0 Å². The molecule has 0 unspecified atom stereocenters. The largest absolute Gasteiger partial charge is 0.403 e. The van der Waals surface area contributed by atoms with Crippen LogP contribution >= 0.6 is 11.3 Å². The maximum atomic E-state index is 13.7. The van der Waals surface area contributed by atoms with Gasteiger partial charge in [0.05, 0.1) is 15.8 Å². The van der Waals surface area contributed by atoms with Crippen LogP contribution in [0.3, 0.4) is 0 Å². The van der Waals surface area contributed by atoms with Crippen molar-refractivity contribution in [3.05, 3.63) is 59.1 Å². The van der Waals surface area contributed by atoms with E-state index < -0.39 is 17.5 Å². The number of anilines is 1. The predicted molar refractivity (Wildman–Crippen MR) is 87.2 cm³/mol. The van der Waals surface area contributed by atoms with Crippen LogP contribution in [0.1, 0.15) is 9.80 Å². The van der Waals surface area contributed by atoms with Gasteiger partial charge in [-0.05, 0) is 24.3 Å². The number of nitrogens with one attached hydrogen (secondary N) is 1. The molecule has 124 valence electrons. The molecule has 0 saturated carbocycles. The Morgan fingerprint density at radius 1 is 1.12 bits per heavy atom. The van der Waals surface area contributed by atoms with Crippen LogP contribution in [0.2, 0.25) is 0 Å². The Morgan fingerprint density at radius 2 is 1.96 bits per heavy atom. The molecule has 4 aromatic rings. The lowest BCUT2D eigenvalue weighted by molar-refractivity contribution is 0.102. The zero-order valence-electron chi connectivity index (χ0n) is 12.4. The van der Waals surface area contributed by atoms with Gasteiger partial charge in [-0.1, -0.05) is 17.2 Å². The summed E-state index contributed by atoms with van der Waals surface area (Å²) in [6.45, 7) is 0. The van der Waals surface area contributed by atoms with Crippen molar-refractivity contribution in [2.45, 2.75) is 0 Å². The topological polar surface area (TPSA) is 80.9 Å². The number of fused-ring (bicyclic) bond motifs is 1. The molecule has 0 radical (unpaired) electrons. The molecule has 0 bridgehead atoms. The second-order valence-electron chi connectivity index (χ2n) is 4.98. The fourth-order valence-corrected chi connectivity index (χ4v) is 3.03. The van der Waals surface area contributed by atoms with E-state index >= 15 is 0 Å². The number of thiazole rings is 1. The van der Waals surface area contributed by atoms with Crippen molar-refractivity contribution >= 4 is 33.5 Å². The number of aromatic nitrogens is 3. The van der Waals surface area contributed by atoms with Gasteiger partial charge in [0.1, 0.15) is 11.6 Å². The van der Waals surface area contributed by atoms with Gasteiger partial charge in [0.25, 0.3) is 11.8 Å². The summed E-state index contributed by atoms with van der Waals surface area (Å²) in [6.07, 6.45) is 0. The van der Waals surface area contributed by atoms with E-state index in [1.807, 2.05) is 18.2 Å². The van der Waals surface area contributed by atoms with E-state index in [0.29, 0.717) is 11.6 Å². The van der Waals surface area contributed by atoms with Crippen molar-refractivity contribution in [3.8, 4) is 11.5 Å². The highest BCUT2D eigenvalue weighted by atomic mass is 32.1. The summed E-state index contributed by atoms with van der Waals surface area (Å²) in [5, 5.41) is 9.94. The smallest absolute Gasteiger partial charge is 0.322 e. The highest BCUT2D eigenvalue weighted by molar-refractivity contribution is 7.20. The number of carbonyl (C=O) groups is 1. The van der Waals surface area contributed by atoms with Gasteiger partial charge in [-0.15, -0.1) is 16.4 Å². The minimum atomic E-state index is -0.840. The highest BCUT2D eigenvalue weighted by Crippen LogP contribution is 2.25. The molecule has 0 spiro atoms. The van der Waals surface area contributed by atoms with Crippen LogP contribution in [-0.2, 0) is 0 Å². The van der Waals surface area contributed by atoms with Crippen molar-refractivity contribution in [1.82, 2.24) is 15.2 Å². The fourth-order valence-electron chi connectivity index (χ4n) is 2.17. The predicted octanol–water partition coefficient (Wildman–Crippen LogP) is 3.88. The Labute approximate surface area is 143 Å². The Balaban J connectivity index is 1.57. The number of amides is 1. The van der Waals surface area contributed by atoms with Crippen molar-refractivity contribution in [2.75, 3.05) is 5.32 Å². The molecule has 9 heteroatoms. The second-order valence-corrected chi connectivity index (χ2v) is 6.01. The Morgan fingerprint density at radius 3 is 2.76 bits per heavy atom. The van der Waals surface area contributed by atoms with Crippen LogP contribution in [-0.4, -0.2) is 21.1 Å². The normalized spacial score (nSPS) is 11.0. The molecule has 0 atom stereocenters. The lowest BCUT2D eigenvalue weighted by Gasteiger charge is -1.97. The average Bonchev–Trinajstić information content (AvgIpc) is 3.21. The lowest BCUT2D eigenvalue weighted by atomic mass is 10.2. The molecular formula is C16H8F2N4O2S. The number of carbonyl (C=O) groups excluding carboxylic acids is 1. The zero-order chi connectivity index (χ0) is 17.4. The first-order valence-corrected chi connectivity index (χ1v) is 7.87. The van der Waals surface area contributed by atoms with Crippen LogP contribution in [0.5, 0.6) is 0 Å². The van der Waals surface area contributed by atoms with Crippen LogP contribution < -0.4 is 5.32 Å². The fraction of sp³-hybridized carbons (Fsp3) is 0. The molecular weight excluding hydrogens is 350 g/mol. The summed E-state index contributed by atoms with van der Waals surface area (Å²) in [4.78, 5) is 16.4. The molecule has 1 amide bonds. The summed E-state index contributed by atoms with van der Waals surface area (Å²) in [5.74, 6) is -2.24. The number of halogens is 2. The van der Waals surface area contributed by atoms with Crippen molar-refractivity contribution in [3.63, 3.8) is 0 Å². The monoisotopic (exact) mass is 358 g/mol. The van der Waals surface area contributed by atoms with Crippen LogP contribution in [0.25, 0.3) is 21.7 Å². The number of para-hydroxylation sites is 1. The maximum Gasteiger partial charge on any atom is 0.322 e. The standard InChI is InChI=1S/C16H8F2N4O2S/c17-8-5-6-9(10(18)7-8)14-21-22-16(24-14)20-13(23)15-19-11-3-1-2-4-12(11)25-15/h1-7H,(H,20,22,23). The van der Waals surface area contributed by atoms with E-state index in [-0.39, 0.29) is 22.5 Å². The number of nitrogens with zero attached hydrogens (tertiary/aromatic N) is 3. The average molecular weight is 358 g/mol. The summed E-state index contributed by atoms with van der Waals surface area (Å²) < 4.78 is 32.8. The Bertz CT molecular complexity index is 1060. The van der Waals surface area contributed by atoms with Crippen molar-refractivity contribution < 1.29 is 18.0 Å². The third-order valence-corrected chi connectivity index (χ3v) is 4.33. The molecule has 2 aromatic heterocycles. The first-order valence-electron chi connectivity index (χ1n) is 7.06. The van der Waals surface area contributed by atoms with E-state index in [9.17, 15) is 13.6 Å². The summed E-state index contributed by atoms with van der Waals surface area (Å²) >= 11 is 1.22. The molecule has 0 fully saturated rings. The quantitative estimate of drug-likeness (QED) is 0.601. The van der Waals surface area contributed by atoms with Crippen LogP contribution in [0, 0.1) is 11.6 Å². The van der Waals surface area contributed by atoms with Gasteiger partial charge in [-0.25, -0.2) is 13.8 Å². The molecule has 0 aliphatic carbocycles. The number of benzene rings is 2. The lowest BCUT2D eigenvalue weighted by Crippen LogP contribution is -2.11. The maximum absolute atomic E-state index is 13.7. The highest BCUT2D eigenvalue weighted by Gasteiger charge is 2.18. The van der Waals surface area contributed by atoms with E-state index in [0.717, 1.165) is 10.8 Å². The molecule has 25 heavy (non-hydrogen) atoms.